The van der Waals surface area contributed by atoms with Gasteiger partial charge in [-0.25, -0.2) is 9.48 Å². The van der Waals surface area contributed by atoms with Gasteiger partial charge in [0.1, 0.15) is 0 Å². The van der Waals surface area contributed by atoms with Gasteiger partial charge in [-0.3, -0.25) is 4.79 Å². The number of aromatic carboxylic acids is 1. The third-order valence-corrected chi connectivity index (χ3v) is 4.62. The van der Waals surface area contributed by atoms with Gasteiger partial charge >= 0.3 is 5.97 Å². The molecule has 2 fully saturated rings. The Kier molecular flexibility index (Phi) is 2.63. The van der Waals surface area contributed by atoms with Crippen molar-refractivity contribution in [1.82, 2.24) is 9.78 Å². The van der Waals surface area contributed by atoms with Crippen molar-refractivity contribution in [3.8, 4) is 5.69 Å². The number of para-hydroxylation sites is 2. The fraction of sp³-hybridized carbons (Fsp3) is 0.312. The van der Waals surface area contributed by atoms with Crippen LogP contribution in [0.3, 0.4) is 0 Å². The molecule has 1 amide bonds. The molecule has 2 aliphatic carbocycles. The lowest BCUT2D eigenvalue weighted by Crippen LogP contribution is -2.16. The highest BCUT2D eigenvalue weighted by molar-refractivity contribution is 5.97. The summed E-state index contributed by atoms with van der Waals surface area (Å²) in [7, 11) is 0. The topological polar surface area (TPSA) is 84.2 Å². The van der Waals surface area contributed by atoms with Crippen molar-refractivity contribution in [1.29, 1.82) is 0 Å². The number of anilines is 1. The van der Waals surface area contributed by atoms with E-state index in [-0.39, 0.29) is 17.5 Å². The molecule has 0 bridgehead atoms. The minimum Gasteiger partial charge on any atom is -0.476 e. The number of rotatable bonds is 4. The first-order valence-corrected chi connectivity index (χ1v) is 7.28. The molecule has 2 aromatic rings. The van der Waals surface area contributed by atoms with E-state index in [4.69, 9.17) is 5.11 Å². The minimum atomic E-state index is -1.08. The molecule has 1 aromatic carbocycles. The number of carbonyl (C=O) groups excluding carboxylic acids is 1. The maximum atomic E-state index is 12.3. The van der Waals surface area contributed by atoms with Crippen LogP contribution in [0.4, 0.5) is 5.69 Å². The molecule has 2 N–H and O–H groups in total. The first-order chi connectivity index (χ1) is 10.6. The van der Waals surface area contributed by atoms with Crippen molar-refractivity contribution >= 4 is 17.6 Å². The number of aromatic nitrogens is 2. The summed E-state index contributed by atoms with van der Waals surface area (Å²) in [6.45, 7) is 0. The molecule has 1 heterocycles. The number of nitrogens with one attached hydrogen (secondary N) is 1. The molecule has 6 nitrogen and oxygen atoms in total. The average Bonchev–Trinajstić information content (AvgIpc) is 3.38. The van der Waals surface area contributed by atoms with E-state index in [0.717, 1.165) is 19.3 Å². The van der Waals surface area contributed by atoms with Crippen LogP contribution >= 0.6 is 0 Å². The number of carboxylic acid groups (broad SMARTS) is 1. The first kappa shape index (κ1) is 13.1. The first-order valence-electron chi connectivity index (χ1n) is 7.28. The quantitative estimate of drug-likeness (QED) is 0.907. The van der Waals surface area contributed by atoms with E-state index < -0.39 is 5.97 Å². The molecular formula is C16H15N3O3. The van der Waals surface area contributed by atoms with Gasteiger partial charge in [-0.15, -0.1) is 0 Å². The lowest BCUT2D eigenvalue weighted by molar-refractivity contribution is -0.117. The van der Waals surface area contributed by atoms with Crippen LogP contribution in [-0.2, 0) is 4.79 Å². The van der Waals surface area contributed by atoms with Crippen LogP contribution in [0.5, 0.6) is 0 Å². The zero-order valence-corrected chi connectivity index (χ0v) is 11.8. The lowest BCUT2D eigenvalue weighted by Gasteiger charge is -2.11. The molecule has 1 atom stereocenters. The van der Waals surface area contributed by atoms with Gasteiger partial charge in [0.15, 0.2) is 5.69 Å². The van der Waals surface area contributed by atoms with Gasteiger partial charge in [0.05, 0.1) is 11.4 Å². The fourth-order valence-electron chi connectivity index (χ4n) is 3.00. The maximum absolute atomic E-state index is 12.3. The summed E-state index contributed by atoms with van der Waals surface area (Å²) in [6.07, 6.45) is 4.89. The Labute approximate surface area is 126 Å². The third kappa shape index (κ3) is 2.07. The van der Waals surface area contributed by atoms with Crippen LogP contribution in [0.25, 0.3) is 5.69 Å². The average molecular weight is 297 g/mol. The van der Waals surface area contributed by atoms with E-state index in [1.54, 1.807) is 18.3 Å². The Hall–Kier alpha value is -2.63. The number of benzene rings is 1. The highest BCUT2D eigenvalue weighted by Gasteiger charge is 2.65. The molecule has 0 radical (unpaired) electrons. The molecule has 6 heteroatoms. The summed E-state index contributed by atoms with van der Waals surface area (Å²) in [6, 6.07) is 8.69. The minimum absolute atomic E-state index is 0.0275. The highest BCUT2D eigenvalue weighted by atomic mass is 16.4. The number of hydrogen-bond donors (Lipinski definition) is 2. The van der Waals surface area contributed by atoms with Crippen LogP contribution in [0.15, 0.2) is 36.5 Å². The standard InChI is InChI=1S/C16H15N3O3/c20-14(10-9-16(10)6-7-16)17-11-3-1-2-4-13(11)19-8-5-12(18-19)15(21)22/h1-5,8,10H,6-7,9H2,(H,17,20)(H,21,22). The van der Waals surface area contributed by atoms with Crippen molar-refractivity contribution in [2.24, 2.45) is 11.3 Å². The molecule has 22 heavy (non-hydrogen) atoms. The summed E-state index contributed by atoms with van der Waals surface area (Å²) in [4.78, 5) is 23.2. The zero-order chi connectivity index (χ0) is 15.3. The Balaban J connectivity index is 1.59. The zero-order valence-electron chi connectivity index (χ0n) is 11.8. The van der Waals surface area contributed by atoms with Crippen molar-refractivity contribution in [2.45, 2.75) is 19.3 Å². The van der Waals surface area contributed by atoms with Crippen LogP contribution < -0.4 is 5.32 Å². The predicted molar refractivity (Wildman–Crippen MR) is 78.9 cm³/mol. The van der Waals surface area contributed by atoms with Gasteiger partial charge in [0.25, 0.3) is 0 Å². The van der Waals surface area contributed by atoms with E-state index in [1.807, 2.05) is 12.1 Å². The third-order valence-electron chi connectivity index (χ3n) is 4.62. The normalized spacial score (nSPS) is 20.6. The number of nitrogens with zero attached hydrogens (tertiary/aromatic N) is 2. The van der Waals surface area contributed by atoms with Crippen molar-refractivity contribution in [2.75, 3.05) is 5.32 Å². The molecule has 1 aromatic heterocycles. The summed E-state index contributed by atoms with van der Waals surface area (Å²) < 4.78 is 1.47. The van der Waals surface area contributed by atoms with E-state index >= 15 is 0 Å². The van der Waals surface area contributed by atoms with E-state index in [1.165, 1.54) is 10.7 Å². The van der Waals surface area contributed by atoms with Gasteiger partial charge in [-0.05, 0) is 42.9 Å². The second-order valence-electron chi connectivity index (χ2n) is 6.08. The molecule has 4 rings (SSSR count). The number of carbonyl (C=O) groups is 2. The summed E-state index contributed by atoms with van der Waals surface area (Å²) in [5.74, 6) is -0.891. The van der Waals surface area contributed by atoms with Crippen molar-refractivity contribution in [3.63, 3.8) is 0 Å². The number of amides is 1. The number of hydrogen-bond acceptors (Lipinski definition) is 3. The summed E-state index contributed by atoms with van der Waals surface area (Å²) in [5.41, 5.74) is 1.59. The van der Waals surface area contributed by atoms with Gasteiger partial charge in [-0.2, -0.15) is 5.10 Å². The molecule has 1 unspecified atom stereocenters. The Morgan fingerprint density at radius 2 is 2.05 bits per heavy atom. The van der Waals surface area contributed by atoms with Crippen LogP contribution in [0, 0.1) is 11.3 Å². The molecule has 112 valence electrons. The van der Waals surface area contributed by atoms with Gasteiger partial charge in [0.2, 0.25) is 5.91 Å². The van der Waals surface area contributed by atoms with Crippen LogP contribution in [0.2, 0.25) is 0 Å². The second-order valence-corrected chi connectivity index (χ2v) is 6.08. The fourth-order valence-corrected chi connectivity index (χ4v) is 3.00. The maximum Gasteiger partial charge on any atom is 0.356 e. The Bertz CT molecular complexity index is 776. The van der Waals surface area contributed by atoms with E-state index in [2.05, 4.69) is 10.4 Å². The van der Waals surface area contributed by atoms with E-state index in [0.29, 0.717) is 16.8 Å². The summed E-state index contributed by atoms with van der Waals surface area (Å²) in [5, 5.41) is 15.9. The Morgan fingerprint density at radius 1 is 1.27 bits per heavy atom. The van der Waals surface area contributed by atoms with Crippen molar-refractivity contribution < 1.29 is 14.7 Å². The highest BCUT2D eigenvalue weighted by Crippen LogP contribution is 2.70. The second kappa shape index (κ2) is 4.43. The number of carboxylic acids is 1. The summed E-state index contributed by atoms with van der Waals surface area (Å²) >= 11 is 0. The van der Waals surface area contributed by atoms with Crippen LogP contribution in [-0.4, -0.2) is 26.8 Å². The van der Waals surface area contributed by atoms with Gasteiger partial charge in [0, 0.05) is 12.1 Å². The predicted octanol–water partition coefficient (Wildman–Crippen LogP) is 2.31. The largest absolute Gasteiger partial charge is 0.476 e. The van der Waals surface area contributed by atoms with Crippen LogP contribution in [0.1, 0.15) is 29.8 Å². The van der Waals surface area contributed by atoms with Gasteiger partial charge < -0.3 is 10.4 Å². The molecule has 2 saturated carbocycles. The smallest absolute Gasteiger partial charge is 0.356 e. The Morgan fingerprint density at radius 3 is 2.68 bits per heavy atom. The lowest BCUT2D eigenvalue weighted by atomic mass is 10.2. The molecule has 0 aliphatic heterocycles. The van der Waals surface area contributed by atoms with E-state index in [9.17, 15) is 9.59 Å². The monoisotopic (exact) mass is 297 g/mol. The van der Waals surface area contributed by atoms with Crippen molar-refractivity contribution in [3.05, 3.63) is 42.2 Å². The molecule has 2 aliphatic rings. The molecule has 0 saturated heterocycles. The van der Waals surface area contributed by atoms with Gasteiger partial charge in [-0.1, -0.05) is 12.1 Å². The molecule has 1 spiro atoms. The SMILES string of the molecule is O=C(O)c1ccn(-c2ccccc2NC(=O)C2CC23CC3)n1. The molecular weight excluding hydrogens is 282 g/mol.